The van der Waals surface area contributed by atoms with Gasteiger partial charge in [0.05, 0.1) is 12.5 Å². The zero-order valence-corrected chi connectivity index (χ0v) is 16.0. The van der Waals surface area contributed by atoms with Gasteiger partial charge in [-0.2, -0.15) is 0 Å². The van der Waals surface area contributed by atoms with Crippen LogP contribution in [0.4, 0.5) is 0 Å². The lowest BCUT2D eigenvalue weighted by molar-refractivity contribution is -0.112. The fourth-order valence-corrected chi connectivity index (χ4v) is 2.93. The number of ketones is 1. The van der Waals surface area contributed by atoms with Crippen molar-refractivity contribution in [2.45, 2.75) is 65.2 Å². The summed E-state index contributed by atoms with van der Waals surface area (Å²) in [6, 6.07) is 7.47. The molecule has 26 heavy (non-hydrogen) atoms. The van der Waals surface area contributed by atoms with E-state index < -0.39 is 0 Å². The number of rotatable bonds is 12. The second kappa shape index (κ2) is 11.3. The van der Waals surface area contributed by atoms with Crippen molar-refractivity contribution in [1.82, 2.24) is 0 Å². The van der Waals surface area contributed by atoms with E-state index in [4.69, 9.17) is 8.83 Å². The zero-order chi connectivity index (χ0) is 18.6. The van der Waals surface area contributed by atoms with Crippen LogP contribution in [0.25, 0.3) is 12.2 Å². The molecule has 0 bridgehead atoms. The monoisotopic (exact) mass is 354 g/mol. The number of carbonyl (C=O) groups excluding carboxylic acids is 1. The third kappa shape index (κ3) is 6.55. The van der Waals surface area contributed by atoms with Crippen molar-refractivity contribution in [2.24, 2.45) is 0 Å². The van der Waals surface area contributed by atoms with Gasteiger partial charge in [0.15, 0.2) is 5.78 Å². The van der Waals surface area contributed by atoms with Crippen LogP contribution < -0.4 is 0 Å². The fourth-order valence-electron chi connectivity index (χ4n) is 2.93. The minimum Gasteiger partial charge on any atom is -0.465 e. The Hall–Kier alpha value is -2.29. The number of unbranched alkanes of at least 4 members (excludes halogenated alkanes) is 4. The van der Waals surface area contributed by atoms with Gasteiger partial charge < -0.3 is 8.83 Å². The SMILES string of the molecule is CCCCC/C(=C/c1ccco1)C(=O)/C(=C\c1ccco1)CCCCC. The molecule has 2 aromatic rings. The highest BCUT2D eigenvalue weighted by Crippen LogP contribution is 2.23. The van der Waals surface area contributed by atoms with Crippen molar-refractivity contribution in [3.63, 3.8) is 0 Å². The fraction of sp³-hybridized carbons (Fsp3) is 0.435. The molecular formula is C23H30O3. The predicted molar refractivity (Wildman–Crippen MR) is 107 cm³/mol. The lowest BCUT2D eigenvalue weighted by atomic mass is 9.93. The summed E-state index contributed by atoms with van der Waals surface area (Å²) in [4.78, 5) is 13.3. The maximum absolute atomic E-state index is 13.3. The number of Topliss-reactive ketones (excluding diaryl/α,β-unsaturated/α-hetero) is 1. The number of furan rings is 2. The molecule has 140 valence electrons. The van der Waals surface area contributed by atoms with Gasteiger partial charge in [0, 0.05) is 11.1 Å². The molecule has 2 heterocycles. The minimum absolute atomic E-state index is 0.116. The summed E-state index contributed by atoms with van der Waals surface area (Å²) in [5.41, 5.74) is 1.64. The molecule has 0 unspecified atom stereocenters. The van der Waals surface area contributed by atoms with Gasteiger partial charge >= 0.3 is 0 Å². The quantitative estimate of drug-likeness (QED) is 0.302. The Morgan fingerprint density at radius 3 is 1.62 bits per heavy atom. The molecule has 0 amide bonds. The number of allylic oxidation sites excluding steroid dienone is 2. The number of hydrogen-bond donors (Lipinski definition) is 0. The van der Waals surface area contributed by atoms with Gasteiger partial charge in [-0.1, -0.05) is 39.5 Å². The Balaban J connectivity index is 2.24. The van der Waals surface area contributed by atoms with Crippen molar-refractivity contribution in [3.05, 3.63) is 59.5 Å². The van der Waals surface area contributed by atoms with Crippen LogP contribution in [0.2, 0.25) is 0 Å². The summed E-state index contributed by atoms with van der Waals surface area (Å²) in [7, 11) is 0. The molecule has 0 radical (unpaired) electrons. The Morgan fingerprint density at radius 1 is 0.808 bits per heavy atom. The molecule has 3 nitrogen and oxygen atoms in total. The summed E-state index contributed by atoms with van der Waals surface area (Å²) in [6.45, 7) is 4.34. The first-order valence-corrected chi connectivity index (χ1v) is 9.77. The van der Waals surface area contributed by atoms with E-state index in [2.05, 4.69) is 13.8 Å². The topological polar surface area (TPSA) is 43.4 Å². The van der Waals surface area contributed by atoms with Crippen LogP contribution in [0.15, 0.2) is 56.8 Å². The number of carbonyl (C=O) groups is 1. The van der Waals surface area contributed by atoms with Crippen LogP contribution >= 0.6 is 0 Å². The van der Waals surface area contributed by atoms with Gasteiger partial charge in [0.2, 0.25) is 0 Å². The van der Waals surface area contributed by atoms with Crippen LogP contribution in [0.1, 0.15) is 76.7 Å². The molecule has 3 heteroatoms. The Kier molecular flexibility index (Phi) is 8.74. The molecule has 0 N–H and O–H groups in total. The molecule has 0 aromatic carbocycles. The Labute approximate surface area is 156 Å². The summed E-state index contributed by atoms with van der Waals surface area (Å²) in [5, 5.41) is 0. The molecule has 0 atom stereocenters. The smallest absolute Gasteiger partial charge is 0.185 e. The second-order valence-electron chi connectivity index (χ2n) is 6.61. The van der Waals surface area contributed by atoms with Crippen molar-refractivity contribution >= 4 is 17.9 Å². The van der Waals surface area contributed by atoms with Crippen LogP contribution in [-0.4, -0.2) is 5.78 Å². The average Bonchev–Trinajstić information content (AvgIpc) is 3.33. The summed E-state index contributed by atoms with van der Waals surface area (Å²) >= 11 is 0. The predicted octanol–water partition coefficient (Wildman–Crippen LogP) is 7.07. The Bertz CT molecular complexity index is 628. The maximum atomic E-state index is 13.3. The van der Waals surface area contributed by atoms with Crippen LogP contribution in [0.3, 0.4) is 0 Å². The van der Waals surface area contributed by atoms with Gasteiger partial charge in [-0.25, -0.2) is 0 Å². The van der Waals surface area contributed by atoms with E-state index in [1.54, 1.807) is 12.5 Å². The highest BCUT2D eigenvalue weighted by Gasteiger charge is 2.16. The van der Waals surface area contributed by atoms with Crippen LogP contribution in [0, 0.1) is 0 Å². The standard InChI is InChI=1S/C23H30O3/c1-3-5-7-11-19(17-21-13-9-15-25-21)23(24)20(12-8-6-4-2)18-22-14-10-16-26-22/h9-10,13-18H,3-8,11-12H2,1-2H3/b19-17-,20-18-. The lowest BCUT2D eigenvalue weighted by Crippen LogP contribution is -2.07. The first-order chi connectivity index (χ1) is 12.7. The molecule has 0 saturated heterocycles. The average molecular weight is 354 g/mol. The van der Waals surface area contributed by atoms with E-state index in [-0.39, 0.29) is 5.78 Å². The highest BCUT2D eigenvalue weighted by atomic mass is 16.3. The molecule has 0 saturated carbocycles. The summed E-state index contributed by atoms with van der Waals surface area (Å²) in [6.07, 6.45) is 15.2. The van der Waals surface area contributed by atoms with Crippen LogP contribution in [0.5, 0.6) is 0 Å². The van der Waals surface area contributed by atoms with E-state index in [0.29, 0.717) is 0 Å². The van der Waals surface area contributed by atoms with Gasteiger partial charge in [-0.05, 0) is 62.1 Å². The van der Waals surface area contributed by atoms with Crippen molar-refractivity contribution in [2.75, 3.05) is 0 Å². The lowest BCUT2D eigenvalue weighted by Gasteiger charge is -2.10. The highest BCUT2D eigenvalue weighted by molar-refractivity contribution is 6.12. The van der Waals surface area contributed by atoms with E-state index in [1.165, 1.54) is 0 Å². The third-order valence-electron chi connectivity index (χ3n) is 4.40. The van der Waals surface area contributed by atoms with E-state index in [1.807, 2.05) is 36.4 Å². The van der Waals surface area contributed by atoms with Gasteiger partial charge in [0.25, 0.3) is 0 Å². The second-order valence-corrected chi connectivity index (χ2v) is 6.61. The van der Waals surface area contributed by atoms with Gasteiger partial charge in [-0.15, -0.1) is 0 Å². The van der Waals surface area contributed by atoms with E-state index in [0.717, 1.165) is 74.0 Å². The molecule has 2 rings (SSSR count). The minimum atomic E-state index is 0.116. The van der Waals surface area contributed by atoms with Crippen molar-refractivity contribution in [1.29, 1.82) is 0 Å². The van der Waals surface area contributed by atoms with Crippen molar-refractivity contribution < 1.29 is 13.6 Å². The Morgan fingerprint density at radius 2 is 1.27 bits per heavy atom. The largest absolute Gasteiger partial charge is 0.465 e. The molecule has 0 aliphatic rings. The van der Waals surface area contributed by atoms with Crippen molar-refractivity contribution in [3.8, 4) is 0 Å². The summed E-state index contributed by atoms with van der Waals surface area (Å²) < 4.78 is 10.9. The normalized spacial score (nSPS) is 12.5. The molecule has 0 aliphatic heterocycles. The maximum Gasteiger partial charge on any atom is 0.185 e. The number of hydrogen-bond acceptors (Lipinski definition) is 3. The zero-order valence-electron chi connectivity index (χ0n) is 16.0. The van der Waals surface area contributed by atoms with Crippen LogP contribution in [-0.2, 0) is 4.79 Å². The van der Waals surface area contributed by atoms with E-state index in [9.17, 15) is 4.79 Å². The molecule has 0 fully saturated rings. The van der Waals surface area contributed by atoms with Gasteiger partial charge in [-0.3, -0.25) is 4.79 Å². The summed E-state index contributed by atoms with van der Waals surface area (Å²) in [5.74, 6) is 1.58. The molecule has 0 spiro atoms. The first kappa shape index (κ1) is 20.0. The molecule has 2 aromatic heterocycles. The third-order valence-corrected chi connectivity index (χ3v) is 4.40. The first-order valence-electron chi connectivity index (χ1n) is 9.77. The molecule has 0 aliphatic carbocycles. The van der Waals surface area contributed by atoms with Gasteiger partial charge in [0.1, 0.15) is 11.5 Å². The molecular weight excluding hydrogens is 324 g/mol. The van der Waals surface area contributed by atoms with E-state index >= 15 is 0 Å².